The first-order valence-corrected chi connectivity index (χ1v) is 8.20. The monoisotopic (exact) mass is 712 g/mol. The topological polar surface area (TPSA) is 62.5 Å². The number of amides is 1. The third kappa shape index (κ3) is 4.13. The van der Waals surface area contributed by atoms with Gasteiger partial charge in [0.25, 0.3) is 0 Å². The van der Waals surface area contributed by atoms with Gasteiger partial charge in [-0.15, -0.1) is 22.1 Å². The second-order valence-electron chi connectivity index (χ2n) is 7.79. The second-order valence-corrected chi connectivity index (χ2v) is 7.79. The molecule has 4 rings (SSSR count). The number of nitrogens with zero attached hydrogens (tertiary/aromatic N) is 2. The molecule has 1 aromatic heterocycles. The molecule has 28 heavy (non-hydrogen) atoms. The van der Waals surface area contributed by atoms with E-state index in [1.807, 2.05) is 33.8 Å². The molecule has 1 amide bonds. The molecule has 2 radical (unpaired) electrons. The SMILES string of the molecule is [CH2-]C1([CH2-])C(=O)[N-]c2cnc3c[c-]c(B4OC(C)(C)C(C)(C)O4)cc3c21.[U].[V].[Y]. The third-order valence-electron chi connectivity index (χ3n) is 5.42. The van der Waals surface area contributed by atoms with Crippen LogP contribution in [0.25, 0.3) is 16.2 Å². The first-order chi connectivity index (χ1) is 11.5. The molecule has 142 valence electrons. The summed E-state index contributed by atoms with van der Waals surface area (Å²) in [5.74, 6) is -0.359. The summed E-state index contributed by atoms with van der Waals surface area (Å²) in [7, 11) is -0.539. The molecule has 0 saturated carbocycles. The molecule has 2 aliphatic rings. The van der Waals surface area contributed by atoms with Gasteiger partial charge >= 0.3 is 7.12 Å². The van der Waals surface area contributed by atoms with Gasteiger partial charge in [-0.3, -0.25) is 0 Å². The maximum absolute atomic E-state index is 12.1. The number of fused-ring (bicyclic) bond motifs is 3. The van der Waals surface area contributed by atoms with Crippen LogP contribution in [0.1, 0.15) is 33.3 Å². The molecular weight excluding hydrogens is 693 g/mol. The second kappa shape index (κ2) is 8.75. The quantitative estimate of drug-likeness (QED) is 0.338. The van der Waals surface area contributed by atoms with Gasteiger partial charge in [0.1, 0.15) is 0 Å². The van der Waals surface area contributed by atoms with E-state index in [0.29, 0.717) is 16.8 Å². The van der Waals surface area contributed by atoms with Crippen molar-refractivity contribution in [3.8, 4) is 0 Å². The van der Waals surface area contributed by atoms with Crippen LogP contribution in [-0.4, -0.2) is 29.2 Å². The zero-order chi connectivity index (χ0) is 18.2. The number of pyridine rings is 1. The Kier molecular flexibility index (Phi) is 8.40. The van der Waals surface area contributed by atoms with Crippen molar-refractivity contribution >= 4 is 35.1 Å². The molecule has 0 bridgehead atoms. The molecule has 3 heterocycles. The predicted octanol–water partition coefficient (Wildman–Crippen LogP) is 2.78. The zero-order valence-corrected chi connectivity index (χ0v) is 24.8. The van der Waals surface area contributed by atoms with Crippen LogP contribution in [-0.2, 0) is 70.8 Å². The van der Waals surface area contributed by atoms with E-state index in [1.54, 1.807) is 12.3 Å². The van der Waals surface area contributed by atoms with Crippen LogP contribution in [0, 0.1) is 51.0 Å². The maximum atomic E-state index is 12.1. The predicted molar refractivity (Wildman–Crippen MR) is 96.7 cm³/mol. The van der Waals surface area contributed by atoms with Gasteiger partial charge in [-0.1, -0.05) is 0 Å². The van der Waals surface area contributed by atoms with E-state index < -0.39 is 23.7 Å². The molecule has 5 nitrogen and oxygen atoms in total. The van der Waals surface area contributed by atoms with E-state index in [9.17, 15) is 4.79 Å². The fraction of sp³-hybridized carbons (Fsp3) is 0.368. The van der Waals surface area contributed by atoms with Crippen LogP contribution in [0.3, 0.4) is 0 Å². The fourth-order valence-electron chi connectivity index (χ4n) is 3.16. The molecule has 2 aliphatic heterocycles. The summed E-state index contributed by atoms with van der Waals surface area (Å²) in [6.45, 7) is 15.9. The van der Waals surface area contributed by atoms with E-state index in [2.05, 4.69) is 30.2 Å². The Balaban J connectivity index is 0.00000131. The standard InChI is InChI=1S/C19H20BN2O3.U.V.Y/c1-17(2)15-12-9-11(20-24-18(3,4)19(5,6)25-20)7-8-13(12)21-10-14(15)22-16(17)23;;;/h8-10H,1-2H2,3-6H3,(H,22,23);;;/q-3;;;/p-1. The number of hydrogen-bond donors (Lipinski definition) is 0. The van der Waals surface area contributed by atoms with Crippen molar-refractivity contribution in [2.45, 2.75) is 44.3 Å². The number of rotatable bonds is 1. The Morgan fingerprint density at radius 1 is 1.18 bits per heavy atom. The molecule has 0 spiro atoms. The van der Waals surface area contributed by atoms with Gasteiger partial charge in [0.2, 0.25) is 0 Å². The summed E-state index contributed by atoms with van der Waals surface area (Å²) in [6.07, 6.45) is 1.58. The zero-order valence-electron chi connectivity index (χ0n) is 16.4. The number of benzene rings is 1. The normalized spacial score (nSPS) is 20.5. The molecule has 0 aliphatic carbocycles. The van der Waals surface area contributed by atoms with Crippen molar-refractivity contribution in [3.63, 3.8) is 0 Å². The first kappa shape index (κ1) is 26.9. The van der Waals surface area contributed by atoms with Crippen molar-refractivity contribution < 1.29 is 96.5 Å². The van der Waals surface area contributed by atoms with E-state index in [1.165, 1.54) is 0 Å². The molecule has 0 atom stereocenters. The van der Waals surface area contributed by atoms with Gasteiger partial charge in [-0.05, 0) is 39.4 Å². The minimum atomic E-state index is -1.16. The van der Waals surface area contributed by atoms with E-state index in [0.717, 1.165) is 10.8 Å². The Morgan fingerprint density at radius 3 is 2.32 bits per heavy atom. The van der Waals surface area contributed by atoms with Gasteiger partial charge < -0.3 is 38.3 Å². The van der Waals surface area contributed by atoms with Crippen LogP contribution >= 0.6 is 0 Å². The van der Waals surface area contributed by atoms with Crippen LogP contribution in [0.5, 0.6) is 0 Å². The number of hydrogen-bond acceptors (Lipinski definition) is 4. The van der Waals surface area contributed by atoms with Gasteiger partial charge in [0.15, 0.2) is 0 Å². The minimum absolute atomic E-state index is 0. The largest absolute Gasteiger partial charge is 0.629 e. The Hall–Kier alpha value is 0.825. The summed E-state index contributed by atoms with van der Waals surface area (Å²) in [4.78, 5) is 16.5. The number of carbonyl (C=O) groups excluding carboxylic acids is 1. The van der Waals surface area contributed by atoms with E-state index in [-0.39, 0.29) is 88.3 Å². The molecule has 1 saturated heterocycles. The summed E-state index contributed by atoms with van der Waals surface area (Å²) in [5, 5.41) is 4.81. The van der Waals surface area contributed by atoms with E-state index in [4.69, 9.17) is 9.31 Å². The first-order valence-electron chi connectivity index (χ1n) is 8.20. The van der Waals surface area contributed by atoms with E-state index >= 15 is 0 Å². The fourth-order valence-corrected chi connectivity index (χ4v) is 3.16. The van der Waals surface area contributed by atoms with Crippen molar-refractivity contribution in [1.29, 1.82) is 0 Å². The van der Waals surface area contributed by atoms with Crippen LogP contribution in [0.2, 0.25) is 0 Å². The van der Waals surface area contributed by atoms with Crippen molar-refractivity contribution in [2.75, 3.05) is 0 Å². The van der Waals surface area contributed by atoms with Gasteiger partial charge in [0, 0.05) is 88.3 Å². The Bertz CT molecular complexity index is 907. The van der Waals surface area contributed by atoms with Crippen molar-refractivity contribution in [2.24, 2.45) is 0 Å². The van der Waals surface area contributed by atoms with Crippen LogP contribution in [0.15, 0.2) is 18.3 Å². The summed E-state index contributed by atoms with van der Waals surface area (Å²) in [5.41, 5.74) is 0.626. The van der Waals surface area contributed by atoms with Crippen molar-refractivity contribution in [3.05, 3.63) is 49.1 Å². The molecular formula is C19H19BN2O3UVY-4. The summed E-state index contributed by atoms with van der Waals surface area (Å²) in [6, 6.07) is 6.85. The molecule has 9 heteroatoms. The molecule has 0 unspecified atom stereocenters. The minimum Gasteiger partial charge on any atom is -0.629 e. The number of aromatic nitrogens is 1. The smallest absolute Gasteiger partial charge is 0.468 e. The van der Waals surface area contributed by atoms with Gasteiger partial charge in [0.05, 0.1) is 11.2 Å². The molecule has 0 N–H and O–H groups in total. The molecule has 1 aromatic carbocycles. The van der Waals surface area contributed by atoms with Gasteiger partial charge in [-0.2, -0.15) is 18.2 Å². The van der Waals surface area contributed by atoms with Crippen molar-refractivity contribution in [1.82, 2.24) is 4.98 Å². The average molecular weight is 712 g/mol. The van der Waals surface area contributed by atoms with Crippen LogP contribution in [0.4, 0.5) is 5.69 Å². The average Bonchev–Trinajstić information content (AvgIpc) is 2.88. The summed E-state index contributed by atoms with van der Waals surface area (Å²) >= 11 is 0. The summed E-state index contributed by atoms with van der Waals surface area (Å²) < 4.78 is 12.2. The van der Waals surface area contributed by atoms with Crippen LogP contribution < -0.4 is 5.46 Å². The molecule has 2 aromatic rings. The van der Waals surface area contributed by atoms with Gasteiger partial charge in [-0.25, -0.2) is 5.41 Å². The Labute approximate surface area is 227 Å². The molecule has 1 fully saturated rings. The maximum Gasteiger partial charge on any atom is 0.468 e. The number of carbonyl (C=O) groups is 1. The third-order valence-corrected chi connectivity index (χ3v) is 5.42. The Morgan fingerprint density at radius 2 is 1.75 bits per heavy atom.